The SMILES string of the molecule is Clc1ccc2c(n1)C(c1ccccc1Cl)=NCC(NNC1=Nc3ccc(Cl)nc3C(c3ccccc3Cl)=NC1)=N2. The van der Waals surface area contributed by atoms with Gasteiger partial charge in [-0.3, -0.25) is 20.8 Å². The highest BCUT2D eigenvalue weighted by molar-refractivity contribution is 6.37. The lowest BCUT2D eigenvalue weighted by Crippen LogP contribution is -2.43. The third-order valence-corrected chi connectivity index (χ3v) is 7.10. The van der Waals surface area contributed by atoms with Crippen molar-refractivity contribution < 1.29 is 0 Å². The zero-order valence-electron chi connectivity index (χ0n) is 20.5. The third kappa shape index (κ3) is 5.44. The number of fused-ring (bicyclic) bond motifs is 2. The lowest BCUT2D eigenvalue weighted by Gasteiger charge is -2.11. The molecule has 0 saturated heterocycles. The fourth-order valence-corrected chi connectivity index (χ4v) is 4.96. The van der Waals surface area contributed by atoms with Gasteiger partial charge < -0.3 is 0 Å². The maximum Gasteiger partial charge on any atom is 0.143 e. The predicted molar refractivity (Wildman–Crippen MR) is 163 cm³/mol. The Kier molecular flexibility index (Phi) is 7.49. The maximum atomic E-state index is 6.49. The number of aromatic nitrogens is 2. The minimum absolute atomic E-state index is 0.219. The number of rotatable bonds is 2. The van der Waals surface area contributed by atoms with Gasteiger partial charge in [-0.15, -0.1) is 0 Å². The van der Waals surface area contributed by atoms with Crippen LogP contribution in [0.2, 0.25) is 20.4 Å². The van der Waals surface area contributed by atoms with Crippen molar-refractivity contribution in [2.75, 3.05) is 13.1 Å². The first-order valence-corrected chi connectivity index (χ1v) is 13.6. The van der Waals surface area contributed by atoms with Gasteiger partial charge >= 0.3 is 0 Å². The summed E-state index contributed by atoms with van der Waals surface area (Å²) in [6, 6.07) is 21.8. The molecule has 12 heteroatoms. The van der Waals surface area contributed by atoms with Gasteiger partial charge in [0.15, 0.2) is 0 Å². The fourth-order valence-electron chi connectivity index (χ4n) is 4.22. The summed E-state index contributed by atoms with van der Waals surface area (Å²) < 4.78 is 0. The minimum atomic E-state index is 0.219. The van der Waals surface area contributed by atoms with Gasteiger partial charge in [-0.05, 0) is 36.4 Å². The molecule has 0 unspecified atom stereocenters. The number of amidine groups is 2. The minimum Gasteiger partial charge on any atom is -0.285 e. The van der Waals surface area contributed by atoms with Gasteiger partial charge in [0.05, 0.1) is 45.9 Å². The molecule has 40 heavy (non-hydrogen) atoms. The quantitative estimate of drug-likeness (QED) is 0.197. The molecule has 4 heterocycles. The number of halogens is 4. The molecule has 2 aliphatic rings. The predicted octanol–water partition coefficient (Wildman–Crippen LogP) is 6.65. The summed E-state index contributed by atoms with van der Waals surface area (Å²) >= 11 is 25.4. The highest BCUT2D eigenvalue weighted by atomic mass is 35.5. The molecule has 0 aliphatic carbocycles. The van der Waals surface area contributed by atoms with E-state index in [4.69, 9.17) is 66.4 Å². The van der Waals surface area contributed by atoms with Gasteiger partial charge in [0, 0.05) is 11.1 Å². The molecule has 0 radical (unpaired) electrons. The van der Waals surface area contributed by atoms with E-state index >= 15 is 0 Å². The molecule has 0 bridgehead atoms. The van der Waals surface area contributed by atoms with Crippen molar-refractivity contribution in [1.82, 2.24) is 20.8 Å². The van der Waals surface area contributed by atoms with Crippen molar-refractivity contribution in [2.45, 2.75) is 0 Å². The number of nitrogens with zero attached hydrogens (tertiary/aromatic N) is 6. The van der Waals surface area contributed by atoms with Gasteiger partial charge in [0.1, 0.15) is 33.4 Å². The van der Waals surface area contributed by atoms with Crippen molar-refractivity contribution in [2.24, 2.45) is 20.0 Å². The molecular formula is C28H18Cl4N8. The second kappa shape index (κ2) is 11.3. The standard InChI is InChI=1S/C28H18Cl4N8/c29-17-7-3-1-5-15(17)25-27-19(9-11-21(31)37-27)35-23(13-33-25)39-40-24-14-34-26(16-6-2-4-8-18(16)30)28-20(36-24)10-12-22(32)38-28/h1-12H,13-14H2,(H,35,39)(H,36,40). The summed E-state index contributed by atoms with van der Waals surface area (Å²) in [5.74, 6) is 1.06. The third-order valence-electron chi connectivity index (χ3n) is 6.02. The highest BCUT2D eigenvalue weighted by Crippen LogP contribution is 2.29. The summed E-state index contributed by atoms with van der Waals surface area (Å²) in [6.45, 7) is 0.438. The lowest BCUT2D eigenvalue weighted by atomic mass is 10.1. The van der Waals surface area contributed by atoms with E-state index in [-0.39, 0.29) is 13.1 Å². The molecule has 2 aromatic carbocycles. The summed E-state index contributed by atoms with van der Waals surface area (Å²) in [6.07, 6.45) is 0. The second-order valence-corrected chi connectivity index (χ2v) is 10.2. The lowest BCUT2D eigenvalue weighted by molar-refractivity contribution is 0.836. The molecule has 8 nitrogen and oxygen atoms in total. The Balaban J connectivity index is 1.31. The first-order valence-electron chi connectivity index (χ1n) is 12.1. The normalized spacial score (nSPS) is 14.4. The number of benzene rings is 2. The summed E-state index contributed by atoms with van der Waals surface area (Å²) in [5, 5.41) is 1.76. The average Bonchev–Trinajstić information content (AvgIpc) is 3.24. The topological polar surface area (TPSA) is 99.3 Å². The molecule has 0 amide bonds. The summed E-state index contributed by atoms with van der Waals surface area (Å²) in [5.41, 5.74) is 11.2. The van der Waals surface area contributed by atoms with Crippen molar-refractivity contribution in [3.8, 4) is 0 Å². The van der Waals surface area contributed by atoms with E-state index in [1.807, 2.05) is 36.4 Å². The van der Waals surface area contributed by atoms with E-state index in [9.17, 15) is 0 Å². The number of hydrogen-bond donors (Lipinski definition) is 2. The molecule has 2 aliphatic heterocycles. The Morgan fingerprint density at radius 3 is 1.38 bits per heavy atom. The number of hydrogen-bond acceptors (Lipinski definition) is 8. The Morgan fingerprint density at radius 1 is 0.525 bits per heavy atom. The van der Waals surface area contributed by atoms with Crippen LogP contribution in [0.4, 0.5) is 11.4 Å². The summed E-state index contributed by atoms with van der Waals surface area (Å²) in [4.78, 5) is 28.0. The molecule has 0 spiro atoms. The van der Waals surface area contributed by atoms with Gasteiger partial charge in [-0.2, -0.15) is 0 Å². The first kappa shape index (κ1) is 26.4. The zero-order valence-corrected chi connectivity index (χ0v) is 23.6. The van der Waals surface area contributed by atoms with Crippen LogP contribution in [0.3, 0.4) is 0 Å². The molecule has 198 valence electrons. The van der Waals surface area contributed by atoms with Crippen molar-refractivity contribution in [3.63, 3.8) is 0 Å². The Morgan fingerprint density at radius 2 is 0.950 bits per heavy atom. The molecule has 6 rings (SSSR count). The van der Waals surface area contributed by atoms with Crippen molar-refractivity contribution >= 4 is 80.9 Å². The van der Waals surface area contributed by atoms with E-state index in [1.54, 1.807) is 36.4 Å². The number of pyridine rings is 2. The molecule has 0 atom stereocenters. The number of hydrazine groups is 1. The molecule has 0 saturated carbocycles. The molecule has 2 aromatic heterocycles. The average molecular weight is 608 g/mol. The van der Waals surface area contributed by atoms with Gasteiger partial charge in [-0.25, -0.2) is 20.0 Å². The van der Waals surface area contributed by atoms with Gasteiger partial charge in [-0.1, -0.05) is 82.8 Å². The van der Waals surface area contributed by atoms with Crippen LogP contribution in [-0.2, 0) is 0 Å². The van der Waals surface area contributed by atoms with Crippen LogP contribution in [0.25, 0.3) is 0 Å². The van der Waals surface area contributed by atoms with Gasteiger partial charge in [0.25, 0.3) is 0 Å². The van der Waals surface area contributed by atoms with E-state index in [0.717, 1.165) is 11.1 Å². The van der Waals surface area contributed by atoms with Crippen molar-refractivity contribution in [1.29, 1.82) is 0 Å². The van der Waals surface area contributed by atoms with E-state index in [0.29, 0.717) is 66.2 Å². The molecule has 0 fully saturated rings. The Bertz CT molecular complexity index is 1630. The van der Waals surface area contributed by atoms with Gasteiger partial charge in [0.2, 0.25) is 0 Å². The summed E-state index contributed by atoms with van der Waals surface area (Å²) in [7, 11) is 0. The van der Waals surface area contributed by atoms with Crippen LogP contribution >= 0.6 is 46.4 Å². The second-order valence-electron chi connectivity index (χ2n) is 8.66. The van der Waals surface area contributed by atoms with Crippen LogP contribution in [0.15, 0.2) is 92.8 Å². The molecule has 4 aromatic rings. The number of aliphatic imine (C=N–C) groups is 4. The van der Waals surface area contributed by atoms with Crippen LogP contribution in [0.5, 0.6) is 0 Å². The monoisotopic (exact) mass is 606 g/mol. The van der Waals surface area contributed by atoms with Crippen LogP contribution in [0, 0.1) is 0 Å². The van der Waals surface area contributed by atoms with Crippen LogP contribution in [-0.4, -0.2) is 46.2 Å². The van der Waals surface area contributed by atoms with E-state index in [2.05, 4.69) is 20.8 Å². The van der Waals surface area contributed by atoms with Crippen LogP contribution in [0.1, 0.15) is 22.5 Å². The number of nitrogens with one attached hydrogen (secondary N) is 2. The Hall–Kier alpha value is -3.82. The first-order chi connectivity index (χ1) is 19.5. The highest BCUT2D eigenvalue weighted by Gasteiger charge is 2.22. The largest absolute Gasteiger partial charge is 0.285 e. The Labute approximate surface area is 249 Å². The maximum absolute atomic E-state index is 6.49. The van der Waals surface area contributed by atoms with Crippen molar-refractivity contribution in [3.05, 3.63) is 116 Å². The zero-order chi connectivity index (χ0) is 27.6. The van der Waals surface area contributed by atoms with E-state index in [1.165, 1.54) is 0 Å². The molecule has 2 N–H and O–H groups in total. The fraction of sp³-hybridized carbons (Fsp3) is 0.0714. The van der Waals surface area contributed by atoms with E-state index < -0.39 is 0 Å². The molecular weight excluding hydrogens is 590 g/mol. The van der Waals surface area contributed by atoms with Crippen LogP contribution < -0.4 is 10.9 Å². The smallest absolute Gasteiger partial charge is 0.143 e.